The summed E-state index contributed by atoms with van der Waals surface area (Å²) in [6.45, 7) is 2.36. The Morgan fingerprint density at radius 3 is 2.84 bits per heavy atom. The zero-order valence-electron chi connectivity index (χ0n) is 11.5. The molecule has 104 valence electrons. The van der Waals surface area contributed by atoms with Gasteiger partial charge in [-0.15, -0.1) is 11.8 Å². The molecule has 0 amide bonds. The SMILES string of the molecule is C[C@H](NC1CCSc2ccc(Cl)cc21)C1CCCC1. The average Bonchev–Trinajstić information content (AvgIpc) is 2.93. The van der Waals surface area contributed by atoms with Crippen LogP contribution in [0.5, 0.6) is 0 Å². The Bertz CT molecular complexity index is 442. The van der Waals surface area contributed by atoms with Gasteiger partial charge in [-0.1, -0.05) is 24.4 Å². The molecule has 0 spiro atoms. The lowest BCUT2D eigenvalue weighted by Crippen LogP contribution is -2.36. The van der Waals surface area contributed by atoms with Crippen molar-refractivity contribution in [2.75, 3.05) is 5.75 Å². The molecule has 3 heteroatoms. The second-order valence-corrected chi connectivity index (χ2v) is 7.44. The third-order valence-corrected chi connectivity index (χ3v) is 5.94. The van der Waals surface area contributed by atoms with E-state index in [1.165, 1.54) is 48.3 Å². The van der Waals surface area contributed by atoms with Gasteiger partial charge in [-0.3, -0.25) is 0 Å². The number of hydrogen-bond donors (Lipinski definition) is 1. The molecule has 1 aliphatic carbocycles. The first kappa shape index (κ1) is 13.8. The second kappa shape index (κ2) is 6.07. The quantitative estimate of drug-likeness (QED) is 0.838. The Hall–Kier alpha value is -0.180. The Balaban J connectivity index is 1.73. The van der Waals surface area contributed by atoms with Gasteiger partial charge in [-0.05, 0) is 61.6 Å². The molecule has 0 bridgehead atoms. The predicted octanol–water partition coefficient (Wildman–Crippen LogP) is 5.05. The molecule has 1 saturated carbocycles. The van der Waals surface area contributed by atoms with Crippen LogP contribution < -0.4 is 5.32 Å². The number of rotatable bonds is 3. The van der Waals surface area contributed by atoms with Crippen molar-refractivity contribution in [2.45, 2.75) is 56.0 Å². The number of halogens is 1. The van der Waals surface area contributed by atoms with Gasteiger partial charge in [0.15, 0.2) is 0 Å². The van der Waals surface area contributed by atoms with Gasteiger partial charge in [0, 0.05) is 22.0 Å². The van der Waals surface area contributed by atoms with Crippen molar-refractivity contribution in [1.29, 1.82) is 0 Å². The van der Waals surface area contributed by atoms with Crippen LogP contribution >= 0.6 is 23.4 Å². The molecule has 3 rings (SSSR count). The topological polar surface area (TPSA) is 12.0 Å². The monoisotopic (exact) mass is 295 g/mol. The van der Waals surface area contributed by atoms with E-state index in [1.54, 1.807) is 0 Å². The van der Waals surface area contributed by atoms with Gasteiger partial charge in [-0.25, -0.2) is 0 Å². The van der Waals surface area contributed by atoms with Gasteiger partial charge in [-0.2, -0.15) is 0 Å². The van der Waals surface area contributed by atoms with E-state index < -0.39 is 0 Å². The smallest absolute Gasteiger partial charge is 0.0410 e. The summed E-state index contributed by atoms with van der Waals surface area (Å²) in [6.07, 6.45) is 6.85. The van der Waals surface area contributed by atoms with Crippen LogP contribution in [-0.4, -0.2) is 11.8 Å². The molecule has 1 fully saturated rings. The first-order chi connectivity index (χ1) is 9.24. The van der Waals surface area contributed by atoms with Crippen LogP contribution in [0.1, 0.15) is 50.6 Å². The van der Waals surface area contributed by atoms with Crippen LogP contribution in [0.25, 0.3) is 0 Å². The highest BCUT2D eigenvalue weighted by Crippen LogP contribution is 2.38. The summed E-state index contributed by atoms with van der Waals surface area (Å²) in [7, 11) is 0. The lowest BCUT2D eigenvalue weighted by atomic mass is 9.96. The van der Waals surface area contributed by atoms with E-state index in [0.29, 0.717) is 12.1 Å². The van der Waals surface area contributed by atoms with Crippen LogP contribution in [0.2, 0.25) is 5.02 Å². The van der Waals surface area contributed by atoms with Gasteiger partial charge >= 0.3 is 0 Å². The van der Waals surface area contributed by atoms with Crippen LogP contribution in [0, 0.1) is 5.92 Å². The highest BCUT2D eigenvalue weighted by Gasteiger charge is 2.27. The van der Waals surface area contributed by atoms with E-state index >= 15 is 0 Å². The maximum atomic E-state index is 6.17. The van der Waals surface area contributed by atoms with Crippen LogP contribution in [-0.2, 0) is 0 Å². The van der Waals surface area contributed by atoms with Crippen molar-refractivity contribution in [2.24, 2.45) is 5.92 Å². The van der Waals surface area contributed by atoms with Gasteiger partial charge in [0.25, 0.3) is 0 Å². The molecular formula is C16H22ClNS. The molecule has 1 aromatic rings. The number of nitrogens with one attached hydrogen (secondary N) is 1. The number of benzene rings is 1. The lowest BCUT2D eigenvalue weighted by Gasteiger charge is -2.31. The molecule has 1 aliphatic heterocycles. The van der Waals surface area contributed by atoms with Crippen molar-refractivity contribution in [3.05, 3.63) is 28.8 Å². The fourth-order valence-electron chi connectivity index (χ4n) is 3.45. The van der Waals surface area contributed by atoms with E-state index in [2.05, 4.69) is 24.4 Å². The molecule has 19 heavy (non-hydrogen) atoms. The zero-order valence-corrected chi connectivity index (χ0v) is 13.1. The molecule has 2 atom stereocenters. The van der Waals surface area contributed by atoms with E-state index in [9.17, 15) is 0 Å². The normalized spacial score (nSPS) is 25.3. The zero-order chi connectivity index (χ0) is 13.2. The summed E-state index contributed by atoms with van der Waals surface area (Å²) in [5.74, 6) is 2.08. The standard InChI is InChI=1S/C16H22ClNS/c1-11(12-4-2-3-5-12)18-15-8-9-19-16-7-6-13(17)10-14(15)16/h6-7,10-12,15,18H,2-5,8-9H2,1H3/t11-,15?/m0/s1. The summed E-state index contributed by atoms with van der Waals surface area (Å²) < 4.78 is 0. The predicted molar refractivity (Wildman–Crippen MR) is 84.1 cm³/mol. The van der Waals surface area contributed by atoms with E-state index in [4.69, 9.17) is 11.6 Å². The van der Waals surface area contributed by atoms with E-state index in [-0.39, 0.29) is 0 Å². The van der Waals surface area contributed by atoms with Gasteiger partial charge < -0.3 is 5.32 Å². The summed E-state index contributed by atoms with van der Waals surface area (Å²) in [5.41, 5.74) is 1.41. The molecule has 0 aromatic heterocycles. The Morgan fingerprint density at radius 2 is 2.05 bits per heavy atom. The first-order valence-electron chi connectivity index (χ1n) is 7.42. The lowest BCUT2D eigenvalue weighted by molar-refractivity contribution is 0.336. The molecule has 1 aromatic carbocycles. The van der Waals surface area contributed by atoms with Crippen LogP contribution in [0.3, 0.4) is 0 Å². The average molecular weight is 296 g/mol. The molecular weight excluding hydrogens is 274 g/mol. The molecule has 1 nitrogen and oxygen atoms in total. The molecule has 0 radical (unpaired) electrons. The molecule has 1 N–H and O–H groups in total. The Kier molecular flexibility index (Phi) is 4.40. The van der Waals surface area contributed by atoms with Crippen molar-refractivity contribution < 1.29 is 0 Å². The van der Waals surface area contributed by atoms with Crippen molar-refractivity contribution in [3.63, 3.8) is 0 Å². The van der Waals surface area contributed by atoms with Gasteiger partial charge in [0.05, 0.1) is 0 Å². The Labute approximate surface area is 125 Å². The van der Waals surface area contributed by atoms with Crippen molar-refractivity contribution >= 4 is 23.4 Å². The molecule has 1 unspecified atom stereocenters. The minimum atomic E-state index is 0.491. The van der Waals surface area contributed by atoms with Crippen LogP contribution in [0.15, 0.2) is 23.1 Å². The molecule has 2 aliphatic rings. The van der Waals surface area contributed by atoms with Crippen molar-refractivity contribution in [3.8, 4) is 0 Å². The van der Waals surface area contributed by atoms with E-state index in [1.807, 2.05) is 17.8 Å². The Morgan fingerprint density at radius 1 is 1.26 bits per heavy atom. The highest BCUT2D eigenvalue weighted by molar-refractivity contribution is 7.99. The highest BCUT2D eigenvalue weighted by atomic mass is 35.5. The molecule has 0 saturated heterocycles. The number of thioether (sulfide) groups is 1. The van der Waals surface area contributed by atoms with Gasteiger partial charge in [0.1, 0.15) is 0 Å². The first-order valence-corrected chi connectivity index (χ1v) is 8.78. The largest absolute Gasteiger partial charge is 0.307 e. The van der Waals surface area contributed by atoms with Gasteiger partial charge in [0.2, 0.25) is 0 Å². The summed E-state index contributed by atoms with van der Waals surface area (Å²) >= 11 is 8.13. The van der Waals surface area contributed by atoms with Crippen molar-refractivity contribution in [1.82, 2.24) is 5.32 Å². The fraction of sp³-hybridized carbons (Fsp3) is 0.625. The summed E-state index contributed by atoms with van der Waals surface area (Å²) in [4.78, 5) is 1.41. The summed E-state index contributed by atoms with van der Waals surface area (Å²) in [6, 6.07) is 7.46. The third-order valence-electron chi connectivity index (χ3n) is 4.58. The second-order valence-electron chi connectivity index (χ2n) is 5.87. The maximum Gasteiger partial charge on any atom is 0.0410 e. The van der Waals surface area contributed by atoms with Crippen LogP contribution in [0.4, 0.5) is 0 Å². The minimum Gasteiger partial charge on any atom is -0.307 e. The maximum absolute atomic E-state index is 6.17. The molecule has 1 heterocycles. The third kappa shape index (κ3) is 3.12. The number of fused-ring (bicyclic) bond motifs is 1. The number of hydrogen-bond acceptors (Lipinski definition) is 2. The van der Waals surface area contributed by atoms with E-state index in [0.717, 1.165) is 10.9 Å². The minimum absolute atomic E-state index is 0.491. The summed E-state index contributed by atoms with van der Waals surface area (Å²) in [5, 5.41) is 4.73. The fourth-order valence-corrected chi connectivity index (χ4v) is 4.74.